The number of amides is 1. The van der Waals surface area contributed by atoms with E-state index in [9.17, 15) is 9.18 Å². The number of ether oxygens (including phenoxy) is 2. The fourth-order valence-corrected chi connectivity index (χ4v) is 2.32. The largest absolute Gasteiger partial charge is 0.497 e. The fourth-order valence-electron chi connectivity index (χ4n) is 2.32. The van der Waals surface area contributed by atoms with Gasteiger partial charge in [-0.3, -0.25) is 9.78 Å². The van der Waals surface area contributed by atoms with E-state index in [1.807, 2.05) is 0 Å². The quantitative estimate of drug-likeness (QED) is 0.730. The molecule has 132 valence electrons. The van der Waals surface area contributed by atoms with Crippen molar-refractivity contribution in [3.8, 4) is 17.2 Å². The number of benzene rings is 2. The summed E-state index contributed by atoms with van der Waals surface area (Å²) in [4.78, 5) is 16.1. The zero-order valence-electron chi connectivity index (χ0n) is 14.1. The molecule has 0 fully saturated rings. The van der Waals surface area contributed by atoms with Crippen LogP contribution in [0.25, 0.3) is 0 Å². The monoisotopic (exact) mass is 352 g/mol. The van der Waals surface area contributed by atoms with Gasteiger partial charge < -0.3 is 14.8 Å². The van der Waals surface area contributed by atoms with Crippen molar-refractivity contribution in [2.24, 2.45) is 0 Å². The Bertz CT molecular complexity index is 901. The average molecular weight is 352 g/mol. The minimum atomic E-state index is -0.512. The normalized spacial score (nSPS) is 10.2. The first-order valence-corrected chi connectivity index (χ1v) is 7.94. The molecule has 0 saturated carbocycles. The van der Waals surface area contributed by atoms with Crippen molar-refractivity contribution >= 4 is 5.91 Å². The van der Waals surface area contributed by atoms with Crippen molar-refractivity contribution in [1.29, 1.82) is 0 Å². The van der Waals surface area contributed by atoms with Gasteiger partial charge in [0.2, 0.25) is 0 Å². The highest BCUT2D eigenvalue weighted by atomic mass is 19.1. The lowest BCUT2D eigenvalue weighted by molar-refractivity contribution is 0.0950. The van der Waals surface area contributed by atoms with E-state index in [4.69, 9.17) is 9.47 Å². The number of methoxy groups -OCH3 is 1. The molecule has 0 aliphatic carbocycles. The zero-order chi connectivity index (χ0) is 18.4. The molecule has 1 amide bonds. The highest BCUT2D eigenvalue weighted by Gasteiger charge is 2.09. The van der Waals surface area contributed by atoms with Crippen molar-refractivity contribution in [2.45, 2.75) is 6.54 Å². The van der Waals surface area contributed by atoms with Gasteiger partial charge in [0.25, 0.3) is 5.91 Å². The van der Waals surface area contributed by atoms with Crippen LogP contribution in [0.5, 0.6) is 17.2 Å². The number of aromatic nitrogens is 1. The molecule has 1 N–H and O–H groups in total. The van der Waals surface area contributed by atoms with Gasteiger partial charge in [-0.05, 0) is 48.0 Å². The topological polar surface area (TPSA) is 60.5 Å². The molecular weight excluding hydrogens is 335 g/mol. The summed E-state index contributed by atoms with van der Waals surface area (Å²) in [6, 6.07) is 14.8. The third kappa shape index (κ3) is 4.36. The number of halogens is 1. The molecule has 5 nitrogen and oxygen atoms in total. The van der Waals surface area contributed by atoms with Gasteiger partial charge in [-0.15, -0.1) is 0 Å². The average Bonchev–Trinajstić information content (AvgIpc) is 2.69. The fraction of sp³-hybridized carbons (Fsp3) is 0.100. The molecule has 0 bridgehead atoms. The highest BCUT2D eigenvalue weighted by Crippen LogP contribution is 2.24. The van der Waals surface area contributed by atoms with Crippen molar-refractivity contribution in [3.05, 3.63) is 83.9 Å². The Labute approximate surface area is 150 Å². The first-order chi connectivity index (χ1) is 12.7. The van der Waals surface area contributed by atoms with Gasteiger partial charge in [0.15, 0.2) is 11.6 Å². The molecule has 0 radical (unpaired) electrons. The van der Waals surface area contributed by atoms with Gasteiger partial charge in [0, 0.05) is 18.3 Å². The Balaban J connectivity index is 1.63. The number of carbonyl (C=O) groups is 1. The van der Waals surface area contributed by atoms with E-state index in [1.165, 1.54) is 25.4 Å². The van der Waals surface area contributed by atoms with E-state index in [-0.39, 0.29) is 18.2 Å². The van der Waals surface area contributed by atoms with Gasteiger partial charge in [-0.25, -0.2) is 4.39 Å². The van der Waals surface area contributed by atoms with E-state index in [2.05, 4.69) is 10.3 Å². The molecule has 1 heterocycles. The number of nitrogens with zero attached hydrogens (tertiary/aromatic N) is 1. The summed E-state index contributed by atoms with van der Waals surface area (Å²) in [5, 5.41) is 2.75. The van der Waals surface area contributed by atoms with E-state index >= 15 is 0 Å². The predicted octanol–water partition coefficient (Wildman–Crippen LogP) is 3.95. The van der Waals surface area contributed by atoms with Crippen molar-refractivity contribution in [2.75, 3.05) is 7.11 Å². The lowest BCUT2D eigenvalue weighted by Crippen LogP contribution is -2.22. The van der Waals surface area contributed by atoms with E-state index < -0.39 is 5.82 Å². The standard InChI is InChI=1S/C20H17FN2O3/c1-25-16-5-2-4-15(11-16)20(24)23-12-14-7-8-19(18(21)10-14)26-17-6-3-9-22-13-17/h2-11,13H,12H2,1H3,(H,23,24). The van der Waals surface area contributed by atoms with E-state index in [1.54, 1.807) is 48.7 Å². The lowest BCUT2D eigenvalue weighted by atomic mass is 10.1. The Morgan fingerprint density at radius 1 is 1.12 bits per heavy atom. The second kappa shape index (κ2) is 8.11. The molecule has 0 aliphatic heterocycles. The number of carbonyl (C=O) groups excluding carboxylic acids is 1. The molecule has 3 rings (SSSR count). The molecule has 26 heavy (non-hydrogen) atoms. The molecule has 6 heteroatoms. The van der Waals surface area contributed by atoms with Gasteiger partial charge in [0.1, 0.15) is 11.5 Å². The van der Waals surface area contributed by atoms with Crippen LogP contribution >= 0.6 is 0 Å². The summed E-state index contributed by atoms with van der Waals surface area (Å²) in [6.07, 6.45) is 3.11. The van der Waals surface area contributed by atoms with Crippen LogP contribution in [0, 0.1) is 5.82 Å². The maximum Gasteiger partial charge on any atom is 0.251 e. The highest BCUT2D eigenvalue weighted by molar-refractivity contribution is 5.94. The Kier molecular flexibility index (Phi) is 5.43. The SMILES string of the molecule is COc1cccc(C(=O)NCc2ccc(Oc3cccnc3)c(F)c2)c1. The van der Waals surface area contributed by atoms with Crippen LogP contribution in [0.1, 0.15) is 15.9 Å². The molecule has 2 aromatic carbocycles. The molecule has 3 aromatic rings. The summed E-state index contributed by atoms with van der Waals surface area (Å²) in [5.74, 6) is 0.369. The lowest BCUT2D eigenvalue weighted by Gasteiger charge is -2.09. The molecule has 0 spiro atoms. The summed E-state index contributed by atoms with van der Waals surface area (Å²) >= 11 is 0. The van der Waals surface area contributed by atoms with Gasteiger partial charge in [-0.2, -0.15) is 0 Å². The summed E-state index contributed by atoms with van der Waals surface area (Å²) < 4.78 is 24.8. The molecule has 0 unspecified atom stereocenters. The predicted molar refractivity (Wildman–Crippen MR) is 94.9 cm³/mol. The summed E-state index contributed by atoms with van der Waals surface area (Å²) in [5.41, 5.74) is 1.10. The smallest absolute Gasteiger partial charge is 0.251 e. The molecule has 0 atom stereocenters. The minimum Gasteiger partial charge on any atom is -0.497 e. The molecule has 1 aromatic heterocycles. The van der Waals surface area contributed by atoms with E-state index in [0.29, 0.717) is 22.6 Å². The van der Waals surface area contributed by atoms with Crippen LogP contribution in [-0.4, -0.2) is 18.0 Å². The molecule has 0 aliphatic rings. The number of nitrogens with one attached hydrogen (secondary N) is 1. The van der Waals surface area contributed by atoms with Crippen LogP contribution in [0.4, 0.5) is 4.39 Å². The Hall–Kier alpha value is -3.41. The molecule has 0 saturated heterocycles. The van der Waals surface area contributed by atoms with Gasteiger partial charge in [0.05, 0.1) is 13.3 Å². The number of hydrogen-bond donors (Lipinski definition) is 1. The first-order valence-electron chi connectivity index (χ1n) is 7.94. The number of rotatable bonds is 6. The van der Waals surface area contributed by atoms with Gasteiger partial charge >= 0.3 is 0 Å². The zero-order valence-corrected chi connectivity index (χ0v) is 14.1. The summed E-state index contributed by atoms with van der Waals surface area (Å²) in [6.45, 7) is 0.195. The summed E-state index contributed by atoms with van der Waals surface area (Å²) in [7, 11) is 1.54. The Morgan fingerprint density at radius 3 is 2.69 bits per heavy atom. The molecular formula is C20H17FN2O3. The minimum absolute atomic E-state index is 0.0980. The van der Waals surface area contributed by atoms with Crippen molar-refractivity contribution in [3.63, 3.8) is 0 Å². The van der Waals surface area contributed by atoms with Crippen LogP contribution in [0.15, 0.2) is 67.0 Å². The number of hydrogen-bond acceptors (Lipinski definition) is 4. The van der Waals surface area contributed by atoms with E-state index in [0.717, 1.165) is 0 Å². The second-order valence-corrected chi connectivity index (χ2v) is 5.47. The van der Waals surface area contributed by atoms with Crippen LogP contribution in [0.3, 0.4) is 0 Å². The third-order valence-electron chi connectivity index (χ3n) is 3.64. The van der Waals surface area contributed by atoms with Crippen LogP contribution in [-0.2, 0) is 6.54 Å². The Morgan fingerprint density at radius 2 is 1.96 bits per heavy atom. The van der Waals surface area contributed by atoms with Gasteiger partial charge in [-0.1, -0.05) is 12.1 Å². The van der Waals surface area contributed by atoms with Crippen LogP contribution < -0.4 is 14.8 Å². The maximum absolute atomic E-state index is 14.2. The first kappa shape index (κ1) is 17.4. The van der Waals surface area contributed by atoms with Crippen molar-refractivity contribution < 1.29 is 18.7 Å². The van der Waals surface area contributed by atoms with Crippen molar-refractivity contribution in [1.82, 2.24) is 10.3 Å². The van der Waals surface area contributed by atoms with Crippen LogP contribution in [0.2, 0.25) is 0 Å². The third-order valence-corrected chi connectivity index (χ3v) is 3.64. The second-order valence-electron chi connectivity index (χ2n) is 5.47. The number of pyridine rings is 1. The maximum atomic E-state index is 14.2.